The van der Waals surface area contributed by atoms with Gasteiger partial charge in [-0.05, 0) is 65.8 Å². The fourth-order valence-electron chi connectivity index (χ4n) is 5.99. The molecule has 0 radical (unpaired) electrons. The van der Waals surface area contributed by atoms with Crippen LogP contribution < -0.4 is 5.73 Å². The maximum absolute atomic E-state index is 14.5. The molecule has 7 heteroatoms. The SMILES string of the molecule is Nc1cccc(CN2C(=O)N(Cc3ccc4[nH]ncc4c3)[C@H](CCc3ccccc3)[C@@H](O)[C@H]2Cc2ccccc2)c1. The molecule has 1 aromatic heterocycles. The zero-order valence-corrected chi connectivity index (χ0v) is 22.9. The first-order chi connectivity index (χ1) is 20.0. The zero-order valence-electron chi connectivity index (χ0n) is 22.9. The Bertz CT molecular complexity index is 1600. The molecule has 1 aliphatic heterocycles. The monoisotopic (exact) mass is 545 g/mol. The predicted octanol–water partition coefficient (Wildman–Crippen LogP) is 5.56. The number of nitrogens with two attached hydrogens (primary N) is 1. The smallest absolute Gasteiger partial charge is 0.321 e. The molecule has 41 heavy (non-hydrogen) atoms. The molecule has 2 heterocycles. The fourth-order valence-corrected chi connectivity index (χ4v) is 5.99. The van der Waals surface area contributed by atoms with Gasteiger partial charge in [0, 0.05) is 24.2 Å². The number of nitrogen functional groups attached to an aromatic ring is 1. The molecule has 1 saturated heterocycles. The normalized spacial score (nSPS) is 19.1. The second-order valence-corrected chi connectivity index (χ2v) is 10.9. The van der Waals surface area contributed by atoms with E-state index >= 15 is 0 Å². The van der Waals surface area contributed by atoms with Crippen LogP contribution in [0.4, 0.5) is 10.5 Å². The third kappa shape index (κ3) is 5.95. The number of rotatable bonds is 9. The number of benzene rings is 4. The highest BCUT2D eigenvalue weighted by Crippen LogP contribution is 2.31. The van der Waals surface area contributed by atoms with Gasteiger partial charge in [-0.25, -0.2) is 4.79 Å². The number of nitrogens with one attached hydrogen (secondary N) is 1. The number of anilines is 1. The number of hydrogen-bond donors (Lipinski definition) is 3. The van der Waals surface area contributed by atoms with Crippen LogP contribution in [0.2, 0.25) is 0 Å². The van der Waals surface area contributed by atoms with Crippen molar-refractivity contribution in [3.05, 3.63) is 132 Å². The number of hydrogen-bond acceptors (Lipinski definition) is 4. The third-order valence-electron chi connectivity index (χ3n) is 8.10. The lowest BCUT2D eigenvalue weighted by atomic mass is 9.88. The summed E-state index contributed by atoms with van der Waals surface area (Å²) in [5.74, 6) is 0. The lowest BCUT2D eigenvalue weighted by Crippen LogP contribution is -2.66. The van der Waals surface area contributed by atoms with Crippen molar-refractivity contribution >= 4 is 22.6 Å². The highest BCUT2D eigenvalue weighted by Gasteiger charge is 2.45. The summed E-state index contributed by atoms with van der Waals surface area (Å²) in [5.41, 5.74) is 11.9. The Morgan fingerprint density at radius 1 is 0.756 bits per heavy atom. The molecule has 0 aliphatic carbocycles. The quantitative estimate of drug-likeness (QED) is 0.211. The van der Waals surface area contributed by atoms with Crippen LogP contribution >= 0.6 is 0 Å². The summed E-state index contributed by atoms with van der Waals surface area (Å²) in [6.45, 7) is 0.753. The van der Waals surface area contributed by atoms with Crippen LogP contribution in [-0.4, -0.2) is 49.3 Å². The van der Waals surface area contributed by atoms with Crippen LogP contribution in [0.1, 0.15) is 28.7 Å². The number of amides is 2. The topological polar surface area (TPSA) is 98.5 Å². The first-order valence-electron chi connectivity index (χ1n) is 14.1. The van der Waals surface area contributed by atoms with Crippen molar-refractivity contribution in [2.24, 2.45) is 0 Å². The summed E-state index contributed by atoms with van der Waals surface area (Å²) >= 11 is 0. The van der Waals surface area contributed by atoms with Gasteiger partial charge in [0.25, 0.3) is 0 Å². The van der Waals surface area contributed by atoms with Crippen molar-refractivity contribution in [2.45, 2.75) is 50.5 Å². The number of aromatic amines is 1. The number of aliphatic hydroxyl groups is 1. The van der Waals surface area contributed by atoms with E-state index in [4.69, 9.17) is 5.73 Å². The first-order valence-corrected chi connectivity index (χ1v) is 14.1. The van der Waals surface area contributed by atoms with E-state index in [1.807, 2.05) is 82.6 Å². The first kappa shape index (κ1) is 26.6. The van der Waals surface area contributed by atoms with Crippen LogP contribution in [0.15, 0.2) is 109 Å². The van der Waals surface area contributed by atoms with E-state index in [0.29, 0.717) is 31.6 Å². The molecule has 1 aliphatic rings. The number of carbonyl (C=O) groups is 1. The van der Waals surface area contributed by atoms with Crippen LogP contribution in [0, 0.1) is 0 Å². The summed E-state index contributed by atoms with van der Waals surface area (Å²) < 4.78 is 0. The Hall–Kier alpha value is -4.62. The van der Waals surface area contributed by atoms with E-state index < -0.39 is 6.10 Å². The van der Waals surface area contributed by atoms with Gasteiger partial charge in [0.05, 0.1) is 29.9 Å². The molecule has 0 bridgehead atoms. The average Bonchev–Trinajstić information content (AvgIpc) is 3.46. The van der Waals surface area contributed by atoms with Crippen molar-refractivity contribution in [1.29, 1.82) is 0 Å². The number of carbonyl (C=O) groups excluding carboxylic acids is 1. The maximum atomic E-state index is 14.5. The largest absolute Gasteiger partial charge is 0.399 e. The summed E-state index contributed by atoms with van der Waals surface area (Å²) in [6, 6.07) is 33.2. The van der Waals surface area contributed by atoms with Crippen LogP contribution in [0.25, 0.3) is 10.9 Å². The molecule has 4 N–H and O–H groups in total. The molecule has 0 spiro atoms. The van der Waals surface area contributed by atoms with E-state index in [2.05, 4.69) is 40.5 Å². The lowest BCUT2D eigenvalue weighted by molar-refractivity contribution is -0.0453. The van der Waals surface area contributed by atoms with Crippen molar-refractivity contribution in [3.63, 3.8) is 0 Å². The van der Waals surface area contributed by atoms with Crippen molar-refractivity contribution in [2.75, 3.05) is 5.73 Å². The van der Waals surface area contributed by atoms with Gasteiger partial charge < -0.3 is 20.6 Å². The van der Waals surface area contributed by atoms with E-state index in [9.17, 15) is 9.90 Å². The Kier molecular flexibility index (Phi) is 7.69. The number of aromatic nitrogens is 2. The Morgan fingerprint density at radius 2 is 1.41 bits per heavy atom. The summed E-state index contributed by atoms with van der Waals surface area (Å²) in [5, 5.41) is 20.2. The minimum Gasteiger partial charge on any atom is -0.399 e. The molecule has 6 rings (SSSR count). The number of aliphatic hydroxyl groups excluding tert-OH is 1. The number of urea groups is 1. The lowest BCUT2D eigenvalue weighted by Gasteiger charge is -2.49. The molecule has 4 aromatic carbocycles. The van der Waals surface area contributed by atoms with Gasteiger partial charge in [-0.15, -0.1) is 0 Å². The average molecular weight is 546 g/mol. The molecule has 208 valence electrons. The van der Waals surface area contributed by atoms with E-state index in [0.717, 1.165) is 34.0 Å². The number of H-pyrrole nitrogens is 1. The second-order valence-electron chi connectivity index (χ2n) is 10.9. The molecular formula is C34H35N5O2. The Balaban J connectivity index is 1.36. The molecule has 3 atom stereocenters. The van der Waals surface area contributed by atoms with Crippen LogP contribution in [0.5, 0.6) is 0 Å². The minimum absolute atomic E-state index is 0.0796. The third-order valence-corrected chi connectivity index (χ3v) is 8.10. The summed E-state index contributed by atoms with van der Waals surface area (Å²) in [7, 11) is 0. The molecule has 0 unspecified atom stereocenters. The van der Waals surface area contributed by atoms with Gasteiger partial charge in [0.15, 0.2) is 0 Å². The number of aryl methyl sites for hydroxylation is 1. The van der Waals surface area contributed by atoms with Crippen LogP contribution in [-0.2, 0) is 25.9 Å². The van der Waals surface area contributed by atoms with E-state index in [1.165, 1.54) is 5.56 Å². The number of fused-ring (bicyclic) bond motifs is 1. The maximum Gasteiger partial charge on any atom is 0.321 e. The van der Waals surface area contributed by atoms with Crippen molar-refractivity contribution in [1.82, 2.24) is 20.0 Å². The molecule has 2 amide bonds. The van der Waals surface area contributed by atoms with Gasteiger partial charge in [0.2, 0.25) is 0 Å². The van der Waals surface area contributed by atoms with Gasteiger partial charge >= 0.3 is 6.03 Å². The Morgan fingerprint density at radius 3 is 2.15 bits per heavy atom. The molecule has 0 saturated carbocycles. The molecule has 1 fully saturated rings. The summed E-state index contributed by atoms with van der Waals surface area (Å²) in [6.07, 6.45) is 3.02. The highest BCUT2D eigenvalue weighted by atomic mass is 16.3. The van der Waals surface area contributed by atoms with Crippen molar-refractivity contribution in [3.8, 4) is 0 Å². The number of nitrogens with zero attached hydrogens (tertiary/aromatic N) is 3. The van der Waals surface area contributed by atoms with Gasteiger partial charge in [-0.3, -0.25) is 5.10 Å². The van der Waals surface area contributed by atoms with Crippen LogP contribution in [0.3, 0.4) is 0 Å². The molecular weight excluding hydrogens is 510 g/mol. The highest BCUT2D eigenvalue weighted by molar-refractivity contribution is 5.79. The fraction of sp³-hybridized carbons (Fsp3) is 0.235. The second kappa shape index (κ2) is 11.9. The Labute approximate surface area is 240 Å². The van der Waals surface area contributed by atoms with E-state index in [1.54, 1.807) is 6.20 Å². The molecule has 7 nitrogen and oxygen atoms in total. The zero-order chi connectivity index (χ0) is 28.2. The summed E-state index contributed by atoms with van der Waals surface area (Å²) in [4.78, 5) is 18.2. The van der Waals surface area contributed by atoms with Gasteiger partial charge in [-0.1, -0.05) is 78.9 Å². The van der Waals surface area contributed by atoms with Gasteiger partial charge in [0.1, 0.15) is 0 Å². The standard InChI is InChI=1S/C34H35N5O2/c35-29-13-7-12-26(19-29)22-39-32(20-25-10-5-2-6-11-25)33(40)31(17-15-24-8-3-1-4-9-24)38(34(39)41)23-27-14-16-30-28(18-27)21-36-37-30/h1-14,16,18-19,21,31-33,40H,15,17,20,22-23,35H2,(H,36,37)/t31-,32-,33-/m1/s1. The predicted molar refractivity (Wildman–Crippen MR) is 162 cm³/mol. The van der Waals surface area contributed by atoms with E-state index in [-0.39, 0.29) is 18.1 Å². The van der Waals surface area contributed by atoms with Gasteiger partial charge in [-0.2, -0.15) is 5.10 Å². The van der Waals surface area contributed by atoms with Crippen molar-refractivity contribution < 1.29 is 9.90 Å². The minimum atomic E-state index is -0.754. The molecule has 5 aromatic rings.